The van der Waals surface area contributed by atoms with Crippen LogP contribution in [0.4, 0.5) is 5.69 Å². The van der Waals surface area contributed by atoms with E-state index in [1.54, 1.807) is 16.4 Å². The van der Waals surface area contributed by atoms with Crippen LogP contribution in [0, 0.1) is 6.92 Å². The van der Waals surface area contributed by atoms with E-state index in [4.69, 9.17) is 0 Å². The van der Waals surface area contributed by atoms with E-state index in [-0.39, 0.29) is 0 Å². The number of hydrogen-bond acceptors (Lipinski definition) is 3. The topological polar surface area (TPSA) is 49.4 Å². The van der Waals surface area contributed by atoms with Crippen molar-refractivity contribution in [2.45, 2.75) is 24.5 Å². The molecule has 3 aromatic rings. The molecule has 5 heteroatoms. The van der Waals surface area contributed by atoms with Gasteiger partial charge in [-0.3, -0.25) is 0 Å². The van der Waals surface area contributed by atoms with Crippen LogP contribution < -0.4 is 5.32 Å². The Bertz CT molecular complexity index is 1030. The first-order valence-electron chi connectivity index (χ1n) is 8.53. The van der Waals surface area contributed by atoms with Gasteiger partial charge in [-0.05, 0) is 30.2 Å². The first-order valence-corrected chi connectivity index (χ1v) is 9.97. The molecule has 4 rings (SSSR count). The summed E-state index contributed by atoms with van der Waals surface area (Å²) in [5.74, 6) is 0. The molecule has 132 valence electrons. The summed E-state index contributed by atoms with van der Waals surface area (Å²) in [4.78, 5) is 0.319. The van der Waals surface area contributed by atoms with Crippen LogP contribution >= 0.6 is 0 Å². The predicted octanol–water partition coefficient (Wildman–Crippen LogP) is 4.31. The highest BCUT2D eigenvalue weighted by Gasteiger charge is 2.38. The van der Waals surface area contributed by atoms with Gasteiger partial charge in [0, 0.05) is 6.54 Å². The SMILES string of the molecule is Cc1cccc(C2Nc3ccccc3S(=O)(=O)N2Cc2ccccc2)c1. The molecular weight excluding hydrogens is 344 g/mol. The first-order chi connectivity index (χ1) is 12.6. The lowest BCUT2D eigenvalue weighted by Crippen LogP contribution is -2.42. The van der Waals surface area contributed by atoms with E-state index < -0.39 is 16.2 Å². The van der Waals surface area contributed by atoms with Gasteiger partial charge in [-0.2, -0.15) is 4.31 Å². The molecule has 0 fully saturated rings. The number of rotatable bonds is 3. The van der Waals surface area contributed by atoms with Crippen molar-refractivity contribution in [2.75, 3.05) is 5.32 Å². The van der Waals surface area contributed by atoms with Crippen LogP contribution in [0.3, 0.4) is 0 Å². The van der Waals surface area contributed by atoms with Gasteiger partial charge in [-0.1, -0.05) is 72.3 Å². The molecule has 0 saturated carbocycles. The molecule has 0 radical (unpaired) electrons. The number of nitrogens with one attached hydrogen (secondary N) is 1. The normalized spacial score (nSPS) is 18.7. The van der Waals surface area contributed by atoms with Gasteiger partial charge in [0.25, 0.3) is 0 Å². The van der Waals surface area contributed by atoms with E-state index in [0.29, 0.717) is 17.1 Å². The molecule has 3 aromatic carbocycles. The molecule has 0 bridgehead atoms. The van der Waals surface area contributed by atoms with E-state index in [1.165, 1.54) is 0 Å². The highest BCUT2D eigenvalue weighted by molar-refractivity contribution is 7.89. The summed E-state index contributed by atoms with van der Waals surface area (Å²) in [6, 6.07) is 24.7. The van der Waals surface area contributed by atoms with Crippen LogP contribution in [0.25, 0.3) is 0 Å². The molecule has 1 atom stereocenters. The van der Waals surface area contributed by atoms with Gasteiger partial charge in [-0.15, -0.1) is 0 Å². The molecule has 0 aromatic heterocycles. The minimum absolute atomic E-state index is 0.309. The molecule has 0 aliphatic carbocycles. The average molecular weight is 364 g/mol. The van der Waals surface area contributed by atoms with Crippen molar-refractivity contribution in [3.63, 3.8) is 0 Å². The fourth-order valence-corrected chi connectivity index (χ4v) is 5.00. The lowest BCUT2D eigenvalue weighted by molar-refractivity contribution is 0.336. The Balaban J connectivity index is 1.85. The summed E-state index contributed by atoms with van der Waals surface area (Å²) < 4.78 is 28.3. The van der Waals surface area contributed by atoms with Gasteiger partial charge in [0.05, 0.1) is 5.69 Å². The second-order valence-electron chi connectivity index (χ2n) is 6.49. The van der Waals surface area contributed by atoms with Crippen molar-refractivity contribution >= 4 is 15.7 Å². The van der Waals surface area contributed by atoms with Gasteiger partial charge in [-0.25, -0.2) is 8.42 Å². The van der Waals surface area contributed by atoms with E-state index in [2.05, 4.69) is 5.32 Å². The zero-order chi connectivity index (χ0) is 18.1. The molecule has 0 saturated heterocycles. The minimum atomic E-state index is -3.62. The van der Waals surface area contributed by atoms with Crippen molar-refractivity contribution in [1.82, 2.24) is 4.31 Å². The zero-order valence-electron chi connectivity index (χ0n) is 14.5. The van der Waals surface area contributed by atoms with Gasteiger partial charge < -0.3 is 5.32 Å². The van der Waals surface area contributed by atoms with E-state index in [0.717, 1.165) is 16.7 Å². The zero-order valence-corrected chi connectivity index (χ0v) is 15.3. The Labute approximate surface area is 154 Å². The van der Waals surface area contributed by atoms with Crippen LogP contribution in [0.2, 0.25) is 0 Å². The minimum Gasteiger partial charge on any atom is -0.364 e. The summed E-state index contributed by atoms with van der Waals surface area (Å²) in [5.41, 5.74) is 3.62. The summed E-state index contributed by atoms with van der Waals surface area (Å²) in [5, 5.41) is 3.41. The molecule has 0 amide bonds. The number of sulfonamides is 1. The number of anilines is 1. The first kappa shape index (κ1) is 16.8. The Hall–Kier alpha value is -2.63. The van der Waals surface area contributed by atoms with Crippen LogP contribution in [0.15, 0.2) is 83.8 Å². The second-order valence-corrected chi connectivity index (χ2v) is 8.35. The van der Waals surface area contributed by atoms with Crippen molar-refractivity contribution < 1.29 is 8.42 Å². The maximum atomic E-state index is 13.4. The number of para-hydroxylation sites is 1. The third-order valence-electron chi connectivity index (χ3n) is 4.59. The third-order valence-corrected chi connectivity index (χ3v) is 6.46. The number of fused-ring (bicyclic) bond motifs is 1. The average Bonchev–Trinajstić information content (AvgIpc) is 2.65. The molecule has 1 heterocycles. The van der Waals surface area contributed by atoms with Crippen molar-refractivity contribution in [3.05, 3.63) is 95.6 Å². The van der Waals surface area contributed by atoms with Crippen molar-refractivity contribution in [3.8, 4) is 0 Å². The molecule has 1 aliphatic rings. The van der Waals surface area contributed by atoms with Gasteiger partial charge in [0.1, 0.15) is 11.1 Å². The third kappa shape index (κ3) is 3.00. The van der Waals surface area contributed by atoms with E-state index in [9.17, 15) is 8.42 Å². The summed E-state index contributed by atoms with van der Waals surface area (Å²) in [6.07, 6.45) is -0.449. The maximum absolute atomic E-state index is 13.4. The Morgan fingerprint density at radius 2 is 1.65 bits per heavy atom. The smallest absolute Gasteiger partial charge is 0.247 e. The maximum Gasteiger partial charge on any atom is 0.247 e. The Morgan fingerprint density at radius 3 is 2.42 bits per heavy atom. The van der Waals surface area contributed by atoms with Crippen molar-refractivity contribution in [2.24, 2.45) is 0 Å². The summed E-state index contributed by atoms with van der Waals surface area (Å²) in [7, 11) is -3.62. The quantitative estimate of drug-likeness (QED) is 0.753. The van der Waals surface area contributed by atoms with Crippen LogP contribution in [0.5, 0.6) is 0 Å². The highest BCUT2D eigenvalue weighted by atomic mass is 32.2. The van der Waals surface area contributed by atoms with Gasteiger partial charge in [0.2, 0.25) is 10.0 Å². The molecule has 1 unspecified atom stereocenters. The second kappa shape index (κ2) is 6.59. The number of aryl methyl sites for hydroxylation is 1. The predicted molar refractivity (Wildman–Crippen MR) is 103 cm³/mol. The molecule has 0 spiro atoms. The standard InChI is InChI=1S/C21H20N2O2S/c1-16-8-7-11-18(14-16)21-22-19-12-5-6-13-20(19)26(24,25)23(21)15-17-9-3-2-4-10-17/h2-14,21-22H,15H2,1H3. The molecule has 1 aliphatic heterocycles. The number of hydrogen-bond donors (Lipinski definition) is 1. The monoisotopic (exact) mass is 364 g/mol. The fourth-order valence-electron chi connectivity index (χ4n) is 3.32. The van der Waals surface area contributed by atoms with Crippen LogP contribution in [-0.2, 0) is 16.6 Å². The largest absolute Gasteiger partial charge is 0.364 e. The molecule has 1 N–H and O–H groups in total. The lowest BCUT2D eigenvalue weighted by Gasteiger charge is -2.37. The highest BCUT2D eigenvalue weighted by Crippen LogP contribution is 2.39. The van der Waals surface area contributed by atoms with E-state index >= 15 is 0 Å². The number of nitrogens with zero attached hydrogens (tertiary/aromatic N) is 1. The van der Waals surface area contributed by atoms with Crippen molar-refractivity contribution in [1.29, 1.82) is 0 Å². The molecule has 4 nitrogen and oxygen atoms in total. The summed E-state index contributed by atoms with van der Waals surface area (Å²) in [6.45, 7) is 2.32. The van der Waals surface area contributed by atoms with Gasteiger partial charge in [0.15, 0.2) is 0 Å². The number of benzene rings is 3. The van der Waals surface area contributed by atoms with E-state index in [1.807, 2.05) is 73.7 Å². The molecule has 26 heavy (non-hydrogen) atoms. The van der Waals surface area contributed by atoms with Crippen LogP contribution in [-0.4, -0.2) is 12.7 Å². The fraction of sp³-hybridized carbons (Fsp3) is 0.143. The lowest BCUT2D eigenvalue weighted by atomic mass is 10.1. The summed E-state index contributed by atoms with van der Waals surface area (Å²) >= 11 is 0. The Morgan fingerprint density at radius 1 is 0.923 bits per heavy atom. The molecular formula is C21H20N2O2S. The van der Waals surface area contributed by atoms with Crippen LogP contribution in [0.1, 0.15) is 22.9 Å². The Kier molecular flexibility index (Phi) is 4.26. The van der Waals surface area contributed by atoms with Gasteiger partial charge >= 0.3 is 0 Å².